The SMILES string of the molecule is CCOC(=O)[C@]1(Cc2cc(-c3ccccc3C)no2)CCCN(C(=O)[C@H]2C[C@@H]2C)C1. The minimum Gasteiger partial charge on any atom is -0.466 e. The molecule has 1 saturated carbocycles. The molecule has 6 nitrogen and oxygen atoms in total. The Morgan fingerprint density at radius 2 is 2.10 bits per heavy atom. The summed E-state index contributed by atoms with van der Waals surface area (Å²) in [5, 5.41) is 4.24. The molecule has 1 aromatic heterocycles. The smallest absolute Gasteiger partial charge is 0.314 e. The van der Waals surface area contributed by atoms with E-state index in [1.807, 2.05) is 49.1 Å². The van der Waals surface area contributed by atoms with E-state index in [0.717, 1.165) is 29.7 Å². The number of amides is 1. The predicted molar refractivity (Wildman–Crippen MR) is 113 cm³/mol. The Hall–Kier alpha value is -2.63. The third kappa shape index (κ3) is 4.00. The van der Waals surface area contributed by atoms with Gasteiger partial charge in [0.25, 0.3) is 0 Å². The Labute approximate surface area is 177 Å². The van der Waals surface area contributed by atoms with Gasteiger partial charge in [0.1, 0.15) is 11.5 Å². The second-order valence-electron chi connectivity index (χ2n) is 8.85. The molecular weight excluding hydrogens is 380 g/mol. The summed E-state index contributed by atoms with van der Waals surface area (Å²) < 4.78 is 11.1. The van der Waals surface area contributed by atoms with Gasteiger partial charge in [-0.25, -0.2) is 0 Å². The molecule has 6 heteroatoms. The Kier molecular flexibility index (Phi) is 5.67. The van der Waals surface area contributed by atoms with E-state index in [2.05, 4.69) is 12.1 Å². The Morgan fingerprint density at radius 1 is 1.33 bits per heavy atom. The minimum atomic E-state index is -0.787. The van der Waals surface area contributed by atoms with Gasteiger partial charge in [-0.1, -0.05) is 36.3 Å². The number of carbonyl (C=O) groups is 2. The van der Waals surface area contributed by atoms with Crippen LogP contribution in [0.3, 0.4) is 0 Å². The Morgan fingerprint density at radius 3 is 2.80 bits per heavy atom. The van der Waals surface area contributed by atoms with Crippen molar-refractivity contribution in [1.29, 1.82) is 0 Å². The molecule has 2 heterocycles. The highest BCUT2D eigenvalue weighted by atomic mass is 16.5. The number of nitrogens with zero attached hydrogens (tertiary/aromatic N) is 2. The Bertz CT molecular complexity index is 937. The van der Waals surface area contributed by atoms with Gasteiger partial charge in [-0.05, 0) is 44.6 Å². The maximum absolute atomic E-state index is 13.1. The molecule has 2 aliphatic rings. The maximum Gasteiger partial charge on any atom is 0.314 e. The van der Waals surface area contributed by atoms with Gasteiger partial charge in [-0.3, -0.25) is 9.59 Å². The summed E-state index contributed by atoms with van der Waals surface area (Å²) in [5.41, 5.74) is 2.11. The molecule has 3 atom stereocenters. The van der Waals surface area contributed by atoms with E-state index < -0.39 is 5.41 Å². The predicted octanol–water partition coefficient (Wildman–Crippen LogP) is 4.02. The lowest BCUT2D eigenvalue weighted by Gasteiger charge is -2.40. The molecule has 4 rings (SSSR count). The highest BCUT2D eigenvalue weighted by Gasteiger charge is 2.49. The van der Waals surface area contributed by atoms with Gasteiger partial charge >= 0.3 is 5.97 Å². The zero-order valence-electron chi connectivity index (χ0n) is 18.0. The highest BCUT2D eigenvalue weighted by molar-refractivity contribution is 5.84. The van der Waals surface area contributed by atoms with Crippen LogP contribution in [0, 0.1) is 24.2 Å². The van der Waals surface area contributed by atoms with Crippen molar-refractivity contribution >= 4 is 11.9 Å². The van der Waals surface area contributed by atoms with Crippen LogP contribution in [0.4, 0.5) is 0 Å². The quantitative estimate of drug-likeness (QED) is 0.673. The van der Waals surface area contributed by atoms with E-state index in [1.165, 1.54) is 0 Å². The number of carbonyl (C=O) groups excluding carboxylic acids is 2. The normalized spacial score (nSPS) is 25.8. The van der Waals surface area contributed by atoms with Crippen molar-refractivity contribution in [2.24, 2.45) is 17.3 Å². The summed E-state index contributed by atoms with van der Waals surface area (Å²) in [5.74, 6) is 1.13. The molecule has 1 saturated heterocycles. The van der Waals surface area contributed by atoms with E-state index in [0.29, 0.717) is 44.2 Å². The second kappa shape index (κ2) is 8.25. The molecule has 0 bridgehead atoms. The first-order valence-electron chi connectivity index (χ1n) is 10.9. The zero-order chi connectivity index (χ0) is 21.3. The van der Waals surface area contributed by atoms with Gasteiger partial charge in [0.05, 0.1) is 12.0 Å². The standard InChI is InChI=1S/C24H30N2O4/c1-4-29-23(28)24(10-7-11-26(15-24)22(27)20-12-17(20)3)14-18-13-21(25-30-18)19-9-6-5-8-16(19)2/h5-6,8-9,13,17,20H,4,7,10-12,14-15H2,1-3H3/t17-,20-,24-/m0/s1. The lowest BCUT2D eigenvalue weighted by atomic mass is 9.76. The van der Waals surface area contributed by atoms with Crippen LogP contribution in [0.1, 0.15) is 44.4 Å². The highest BCUT2D eigenvalue weighted by Crippen LogP contribution is 2.42. The number of likely N-dealkylation sites (tertiary alicyclic amines) is 1. The fraction of sp³-hybridized carbons (Fsp3) is 0.542. The second-order valence-corrected chi connectivity index (χ2v) is 8.85. The number of hydrogen-bond donors (Lipinski definition) is 0. The molecule has 1 aliphatic carbocycles. The van der Waals surface area contributed by atoms with E-state index >= 15 is 0 Å². The van der Waals surface area contributed by atoms with Crippen LogP contribution in [0.2, 0.25) is 0 Å². The van der Waals surface area contributed by atoms with E-state index in [-0.39, 0.29) is 17.8 Å². The first-order chi connectivity index (χ1) is 14.4. The van der Waals surface area contributed by atoms with Crippen molar-refractivity contribution in [3.8, 4) is 11.3 Å². The molecule has 1 aromatic carbocycles. The summed E-state index contributed by atoms with van der Waals surface area (Å²) in [6.45, 7) is 7.36. The number of piperidine rings is 1. The van der Waals surface area contributed by atoms with Crippen LogP contribution in [0.5, 0.6) is 0 Å². The summed E-state index contributed by atoms with van der Waals surface area (Å²) in [4.78, 5) is 27.8. The van der Waals surface area contributed by atoms with Crippen LogP contribution in [0.25, 0.3) is 11.3 Å². The van der Waals surface area contributed by atoms with Crippen LogP contribution in [-0.4, -0.2) is 41.6 Å². The largest absolute Gasteiger partial charge is 0.466 e. The van der Waals surface area contributed by atoms with Crippen LogP contribution < -0.4 is 0 Å². The van der Waals surface area contributed by atoms with Crippen molar-refractivity contribution in [1.82, 2.24) is 10.1 Å². The topological polar surface area (TPSA) is 72.6 Å². The summed E-state index contributed by atoms with van der Waals surface area (Å²) in [6.07, 6.45) is 2.79. The number of aromatic nitrogens is 1. The van der Waals surface area contributed by atoms with Crippen molar-refractivity contribution < 1.29 is 18.8 Å². The first kappa shape index (κ1) is 20.6. The van der Waals surface area contributed by atoms with E-state index in [4.69, 9.17) is 9.26 Å². The van der Waals surface area contributed by atoms with Crippen LogP contribution in [0.15, 0.2) is 34.9 Å². The Balaban J connectivity index is 1.58. The van der Waals surface area contributed by atoms with Gasteiger partial charge < -0.3 is 14.2 Å². The lowest BCUT2D eigenvalue weighted by molar-refractivity contribution is -0.161. The van der Waals surface area contributed by atoms with Gasteiger partial charge in [0, 0.05) is 37.1 Å². The molecule has 30 heavy (non-hydrogen) atoms. The molecule has 0 spiro atoms. The maximum atomic E-state index is 13.1. The molecule has 2 aromatic rings. The number of hydrogen-bond acceptors (Lipinski definition) is 5. The lowest BCUT2D eigenvalue weighted by Crippen LogP contribution is -2.52. The molecule has 1 aliphatic heterocycles. The minimum absolute atomic E-state index is 0.112. The summed E-state index contributed by atoms with van der Waals surface area (Å²) in [6, 6.07) is 9.92. The first-order valence-corrected chi connectivity index (χ1v) is 10.9. The molecule has 1 amide bonds. The van der Waals surface area contributed by atoms with Crippen molar-refractivity contribution in [3.05, 3.63) is 41.7 Å². The van der Waals surface area contributed by atoms with E-state index in [9.17, 15) is 9.59 Å². The van der Waals surface area contributed by atoms with Crippen molar-refractivity contribution in [3.63, 3.8) is 0 Å². The van der Waals surface area contributed by atoms with Gasteiger partial charge in [-0.15, -0.1) is 0 Å². The molecular formula is C24H30N2O4. The number of benzene rings is 1. The average Bonchev–Trinajstić information content (AvgIpc) is 3.29. The van der Waals surface area contributed by atoms with Gasteiger partial charge in [0.2, 0.25) is 5.91 Å². The monoisotopic (exact) mass is 410 g/mol. The fourth-order valence-corrected chi connectivity index (χ4v) is 4.60. The fourth-order valence-electron chi connectivity index (χ4n) is 4.60. The molecule has 0 N–H and O–H groups in total. The number of esters is 1. The summed E-state index contributed by atoms with van der Waals surface area (Å²) in [7, 11) is 0. The molecule has 2 fully saturated rings. The van der Waals surface area contributed by atoms with E-state index in [1.54, 1.807) is 0 Å². The molecule has 0 unspecified atom stereocenters. The molecule has 0 radical (unpaired) electrons. The van der Waals surface area contributed by atoms with Crippen molar-refractivity contribution in [2.45, 2.75) is 46.5 Å². The van der Waals surface area contributed by atoms with Gasteiger partial charge in [0.15, 0.2) is 0 Å². The van der Waals surface area contributed by atoms with Gasteiger partial charge in [-0.2, -0.15) is 0 Å². The zero-order valence-corrected chi connectivity index (χ0v) is 18.0. The molecule has 160 valence electrons. The average molecular weight is 411 g/mol. The van der Waals surface area contributed by atoms with Crippen LogP contribution in [-0.2, 0) is 20.7 Å². The number of rotatable bonds is 6. The third-order valence-electron chi connectivity index (χ3n) is 6.52. The summed E-state index contributed by atoms with van der Waals surface area (Å²) >= 11 is 0. The van der Waals surface area contributed by atoms with Crippen molar-refractivity contribution in [2.75, 3.05) is 19.7 Å². The number of ether oxygens (including phenoxy) is 1. The van der Waals surface area contributed by atoms with Crippen LogP contribution >= 0.6 is 0 Å². The third-order valence-corrected chi connectivity index (χ3v) is 6.52. The number of aryl methyl sites for hydroxylation is 1.